The first-order valence-electron chi connectivity index (χ1n) is 9.07. The van der Waals surface area contributed by atoms with Crippen molar-refractivity contribution in [1.82, 2.24) is 4.98 Å². The molecule has 0 spiro atoms. The Balaban J connectivity index is 1.84. The van der Waals surface area contributed by atoms with E-state index < -0.39 is 10.8 Å². The minimum Gasteiger partial charge on any atom is -0.288 e. The molecule has 1 aliphatic heterocycles. The maximum atomic E-state index is 13.0. The Hall–Kier alpha value is -3.42. The summed E-state index contributed by atoms with van der Waals surface area (Å²) in [5.41, 5.74) is 2.97. The van der Waals surface area contributed by atoms with Crippen molar-refractivity contribution in [3.05, 3.63) is 64.5 Å². The number of hydrazone groups is 1. The third kappa shape index (κ3) is 4.11. The van der Waals surface area contributed by atoms with Gasteiger partial charge in [-0.15, -0.1) is 0 Å². The highest BCUT2D eigenvalue weighted by atomic mass is 16.6. The van der Waals surface area contributed by atoms with Gasteiger partial charge >= 0.3 is 0 Å². The Labute approximate surface area is 162 Å². The van der Waals surface area contributed by atoms with Crippen LogP contribution < -0.4 is 5.01 Å². The fourth-order valence-electron chi connectivity index (χ4n) is 3.07. The molecule has 0 bridgehead atoms. The van der Waals surface area contributed by atoms with Crippen LogP contribution in [0.15, 0.2) is 58.9 Å². The number of anilines is 1. The van der Waals surface area contributed by atoms with Crippen LogP contribution in [-0.4, -0.2) is 27.2 Å². The Kier molecular flexibility index (Phi) is 5.88. The molecule has 1 amide bonds. The maximum absolute atomic E-state index is 13.0. The number of carbonyl (C=O) groups excluding carboxylic acids is 1. The number of benzene rings is 1. The van der Waals surface area contributed by atoms with Gasteiger partial charge < -0.3 is 0 Å². The molecule has 2 aromatic rings. The molecule has 0 fully saturated rings. The zero-order valence-electron chi connectivity index (χ0n) is 15.8. The molecule has 144 valence electrons. The molecular formula is C20H21N5O3. The van der Waals surface area contributed by atoms with Gasteiger partial charge in [0.2, 0.25) is 0 Å². The van der Waals surface area contributed by atoms with Crippen molar-refractivity contribution < 1.29 is 9.72 Å². The highest BCUT2D eigenvalue weighted by Gasteiger charge is 2.38. The number of rotatable bonds is 7. The van der Waals surface area contributed by atoms with Gasteiger partial charge in [0.1, 0.15) is 5.92 Å². The third-order valence-electron chi connectivity index (χ3n) is 4.51. The SMILES string of the molecule is CCCC1=NN(c2ccc([N+](=O)[O-])cc2)C(=O)[C@H]1C(C)=NCc1ccncc1. The smallest absolute Gasteiger partial charge is 0.269 e. The first kappa shape index (κ1) is 19.3. The van der Waals surface area contributed by atoms with Crippen molar-refractivity contribution in [3.63, 3.8) is 0 Å². The summed E-state index contributed by atoms with van der Waals surface area (Å²) in [5.74, 6) is -0.690. The molecule has 0 unspecified atom stereocenters. The van der Waals surface area contributed by atoms with Crippen LogP contribution in [0.5, 0.6) is 0 Å². The summed E-state index contributed by atoms with van der Waals surface area (Å²) in [6.07, 6.45) is 4.96. The molecule has 3 rings (SSSR count). The summed E-state index contributed by atoms with van der Waals surface area (Å²) in [7, 11) is 0. The van der Waals surface area contributed by atoms with Crippen molar-refractivity contribution in [1.29, 1.82) is 0 Å². The van der Waals surface area contributed by atoms with Crippen molar-refractivity contribution in [2.45, 2.75) is 33.2 Å². The first-order chi connectivity index (χ1) is 13.5. The van der Waals surface area contributed by atoms with Crippen molar-refractivity contribution in [2.75, 3.05) is 5.01 Å². The van der Waals surface area contributed by atoms with Gasteiger partial charge in [0.25, 0.3) is 11.6 Å². The predicted molar refractivity (Wildman–Crippen MR) is 107 cm³/mol. The minimum atomic E-state index is -0.503. The molecule has 0 radical (unpaired) electrons. The lowest BCUT2D eigenvalue weighted by atomic mass is 9.95. The van der Waals surface area contributed by atoms with E-state index in [9.17, 15) is 14.9 Å². The van der Waals surface area contributed by atoms with Gasteiger partial charge in [0.05, 0.1) is 22.9 Å². The highest BCUT2D eigenvalue weighted by Crippen LogP contribution is 2.28. The molecule has 2 heterocycles. The summed E-state index contributed by atoms with van der Waals surface area (Å²) in [6, 6.07) is 9.59. The molecule has 1 aromatic heterocycles. The van der Waals surface area contributed by atoms with E-state index in [0.29, 0.717) is 24.4 Å². The van der Waals surface area contributed by atoms with Crippen LogP contribution in [0.25, 0.3) is 0 Å². The van der Waals surface area contributed by atoms with Crippen molar-refractivity contribution in [3.8, 4) is 0 Å². The number of hydrogen-bond donors (Lipinski definition) is 0. The van der Waals surface area contributed by atoms with Gasteiger partial charge in [-0.3, -0.25) is 24.9 Å². The molecule has 8 nitrogen and oxygen atoms in total. The molecule has 1 aliphatic rings. The average molecular weight is 379 g/mol. The number of carbonyl (C=O) groups is 1. The summed E-state index contributed by atoms with van der Waals surface area (Å²) in [5, 5.41) is 16.7. The van der Waals surface area contributed by atoms with Crippen LogP contribution in [0.3, 0.4) is 0 Å². The average Bonchev–Trinajstić information content (AvgIpc) is 3.03. The largest absolute Gasteiger partial charge is 0.288 e. The van der Waals surface area contributed by atoms with Crippen molar-refractivity contribution in [2.24, 2.45) is 16.0 Å². The van der Waals surface area contributed by atoms with E-state index in [0.717, 1.165) is 17.7 Å². The number of nitrogens with zero attached hydrogens (tertiary/aromatic N) is 5. The molecule has 0 N–H and O–H groups in total. The topological polar surface area (TPSA) is 101 Å². The minimum absolute atomic E-state index is 0.0280. The monoisotopic (exact) mass is 379 g/mol. The van der Waals surface area contributed by atoms with Gasteiger partial charge in [0.15, 0.2) is 0 Å². The van der Waals surface area contributed by atoms with Crippen LogP contribution in [0, 0.1) is 16.0 Å². The van der Waals surface area contributed by atoms with Gasteiger partial charge in [-0.25, -0.2) is 0 Å². The number of aliphatic imine (C=N–C) groups is 1. The van der Waals surface area contributed by atoms with Crippen LogP contribution in [0.1, 0.15) is 32.3 Å². The zero-order valence-corrected chi connectivity index (χ0v) is 15.8. The molecule has 1 atom stereocenters. The molecule has 0 aliphatic carbocycles. The van der Waals surface area contributed by atoms with Gasteiger partial charge in [-0.1, -0.05) is 13.3 Å². The number of non-ortho nitro benzene ring substituents is 1. The number of aromatic nitrogens is 1. The third-order valence-corrected chi connectivity index (χ3v) is 4.51. The van der Waals surface area contributed by atoms with E-state index in [1.165, 1.54) is 29.3 Å². The summed E-state index contributed by atoms with van der Waals surface area (Å²) in [6.45, 7) is 4.34. The van der Waals surface area contributed by atoms with Crippen LogP contribution in [-0.2, 0) is 11.3 Å². The maximum Gasteiger partial charge on any atom is 0.269 e. The van der Waals surface area contributed by atoms with E-state index >= 15 is 0 Å². The Morgan fingerprint density at radius 3 is 2.50 bits per heavy atom. The fraction of sp³-hybridized carbons (Fsp3) is 0.300. The second-order valence-electron chi connectivity index (χ2n) is 6.51. The normalized spacial score (nSPS) is 17.0. The van der Waals surface area contributed by atoms with E-state index in [-0.39, 0.29) is 11.6 Å². The van der Waals surface area contributed by atoms with Gasteiger partial charge in [0, 0.05) is 30.2 Å². The first-order valence-corrected chi connectivity index (χ1v) is 9.07. The Morgan fingerprint density at radius 1 is 1.21 bits per heavy atom. The summed E-state index contributed by atoms with van der Waals surface area (Å²) >= 11 is 0. The standard InChI is InChI=1S/C20H21N5O3/c1-3-4-18-19(14(2)22-13-15-9-11-21-12-10-15)20(26)24(23-18)16-5-7-17(8-6-16)25(27)28/h5-12,19H,3-4,13H2,1-2H3/t19-/m0/s1. The summed E-state index contributed by atoms with van der Waals surface area (Å²) < 4.78 is 0. The summed E-state index contributed by atoms with van der Waals surface area (Å²) in [4.78, 5) is 32.0. The van der Waals surface area contributed by atoms with Crippen molar-refractivity contribution >= 4 is 28.7 Å². The van der Waals surface area contributed by atoms with Crippen LogP contribution >= 0.6 is 0 Å². The Morgan fingerprint density at radius 2 is 1.89 bits per heavy atom. The lowest BCUT2D eigenvalue weighted by Gasteiger charge is -2.14. The quantitative estimate of drug-likeness (QED) is 0.415. The van der Waals surface area contributed by atoms with Gasteiger partial charge in [-0.2, -0.15) is 10.1 Å². The van der Waals surface area contributed by atoms with E-state index in [2.05, 4.69) is 15.1 Å². The van der Waals surface area contributed by atoms with Gasteiger partial charge in [-0.05, 0) is 43.2 Å². The second kappa shape index (κ2) is 8.51. The van der Waals surface area contributed by atoms with Crippen LogP contribution in [0.4, 0.5) is 11.4 Å². The van der Waals surface area contributed by atoms with E-state index in [4.69, 9.17) is 0 Å². The molecule has 0 saturated heterocycles. The second-order valence-corrected chi connectivity index (χ2v) is 6.51. The van der Waals surface area contributed by atoms with Crippen LogP contribution in [0.2, 0.25) is 0 Å². The van der Waals surface area contributed by atoms with E-state index in [1.807, 2.05) is 26.0 Å². The fourth-order valence-corrected chi connectivity index (χ4v) is 3.07. The lowest BCUT2D eigenvalue weighted by Crippen LogP contribution is -2.32. The van der Waals surface area contributed by atoms with E-state index in [1.54, 1.807) is 12.4 Å². The lowest BCUT2D eigenvalue weighted by molar-refractivity contribution is -0.384. The highest BCUT2D eigenvalue weighted by molar-refractivity contribution is 6.28. The molecule has 8 heteroatoms. The number of hydrogen-bond acceptors (Lipinski definition) is 6. The molecule has 1 aromatic carbocycles. The number of amides is 1. The predicted octanol–water partition coefficient (Wildman–Crippen LogP) is 3.77. The zero-order chi connectivity index (χ0) is 20.1. The molecule has 0 saturated carbocycles. The number of nitro benzene ring substituents is 1. The number of pyridine rings is 1. The Bertz CT molecular complexity index is 923. The molecule has 28 heavy (non-hydrogen) atoms. The molecular weight excluding hydrogens is 358 g/mol. The number of nitro groups is 1.